The lowest BCUT2D eigenvalue weighted by atomic mass is 10.1. The second kappa shape index (κ2) is 11.5. The number of carbonyl (C=O) groups excluding carboxylic acids is 1. The Morgan fingerprint density at radius 3 is 2.54 bits per heavy atom. The number of benzene rings is 1. The molecule has 0 spiro atoms. The number of nitrogens with one attached hydrogen (secondary N) is 2. The quantitative estimate of drug-likeness (QED) is 0.363. The van der Waals surface area contributed by atoms with Gasteiger partial charge in [-0.3, -0.25) is 4.79 Å². The average Bonchev–Trinajstić information content (AvgIpc) is 2.64. The fourth-order valence-corrected chi connectivity index (χ4v) is 1.83. The highest BCUT2D eigenvalue weighted by molar-refractivity contribution is 5.98. The number of amides is 1. The second-order valence-corrected chi connectivity index (χ2v) is 6.46. The minimum atomic E-state index is -1.09. The summed E-state index contributed by atoms with van der Waals surface area (Å²) in [6.07, 6.45) is 6.83. The molecule has 0 saturated heterocycles. The standard InChI is InChI=1S/C20H26N4O4/c1-15(13-21-11-5-4-6-12-25)22-14-23-20(2,3)19(28)24-17-9-7-16(8-10-17)18(26)27/h4-11,15,21,25H,12-13H2,1-3H3,(H,24,28)(H,26,27)/b6-4+,11-5+. The van der Waals surface area contributed by atoms with E-state index in [1.54, 1.807) is 38.3 Å². The van der Waals surface area contributed by atoms with E-state index in [4.69, 9.17) is 10.2 Å². The van der Waals surface area contributed by atoms with Crippen molar-refractivity contribution in [2.24, 2.45) is 9.98 Å². The van der Waals surface area contributed by atoms with Gasteiger partial charge in [0.25, 0.3) is 5.91 Å². The number of rotatable bonds is 10. The van der Waals surface area contributed by atoms with Crippen LogP contribution in [0.15, 0.2) is 58.7 Å². The van der Waals surface area contributed by atoms with E-state index < -0.39 is 11.5 Å². The van der Waals surface area contributed by atoms with Crippen molar-refractivity contribution in [3.63, 3.8) is 0 Å². The molecule has 28 heavy (non-hydrogen) atoms. The van der Waals surface area contributed by atoms with E-state index in [1.165, 1.54) is 24.3 Å². The Balaban J connectivity index is 2.58. The Hall–Kier alpha value is -3.22. The van der Waals surface area contributed by atoms with Crippen LogP contribution in [0.5, 0.6) is 0 Å². The molecule has 1 aromatic carbocycles. The van der Waals surface area contributed by atoms with Gasteiger partial charge in [-0.25, -0.2) is 14.8 Å². The highest BCUT2D eigenvalue weighted by atomic mass is 16.4. The smallest absolute Gasteiger partial charge is 0.335 e. The summed E-state index contributed by atoms with van der Waals surface area (Å²) < 4.78 is 0. The van der Waals surface area contributed by atoms with Crippen LogP contribution in [0.4, 0.5) is 5.69 Å². The molecule has 1 unspecified atom stereocenters. The second-order valence-electron chi connectivity index (χ2n) is 6.46. The van der Waals surface area contributed by atoms with Gasteiger partial charge in [0.2, 0.25) is 0 Å². The number of carbonyl (C=O) groups is 2. The molecular formula is C20H26N4O4. The first-order valence-corrected chi connectivity index (χ1v) is 8.73. The summed E-state index contributed by atoms with van der Waals surface area (Å²) in [6.45, 7) is 5.71. The molecule has 0 aromatic heterocycles. The van der Waals surface area contributed by atoms with Crippen molar-refractivity contribution < 1.29 is 19.8 Å². The third-order valence-electron chi connectivity index (χ3n) is 3.53. The van der Waals surface area contributed by atoms with Crippen LogP contribution in [-0.4, -0.2) is 52.8 Å². The molecule has 0 radical (unpaired) electrons. The molecule has 4 N–H and O–H groups in total. The van der Waals surface area contributed by atoms with Crippen molar-refractivity contribution in [2.75, 3.05) is 18.5 Å². The van der Waals surface area contributed by atoms with Crippen LogP contribution in [0, 0.1) is 0 Å². The van der Waals surface area contributed by atoms with Gasteiger partial charge >= 0.3 is 5.97 Å². The predicted octanol–water partition coefficient (Wildman–Crippen LogP) is 2.32. The number of hydrogen-bond donors (Lipinski definition) is 4. The first kappa shape index (κ1) is 22.8. The van der Waals surface area contributed by atoms with Crippen LogP contribution >= 0.6 is 0 Å². The van der Waals surface area contributed by atoms with E-state index in [0.29, 0.717) is 12.2 Å². The lowest BCUT2D eigenvalue weighted by molar-refractivity contribution is -0.119. The molecule has 1 amide bonds. The number of nitrogens with zero attached hydrogens (tertiary/aromatic N) is 2. The molecule has 0 aliphatic carbocycles. The molecular weight excluding hydrogens is 360 g/mol. The number of aliphatic imine (C=N–C) groups is 2. The van der Waals surface area contributed by atoms with Crippen LogP contribution in [0.2, 0.25) is 0 Å². The van der Waals surface area contributed by atoms with Crippen LogP contribution < -0.4 is 10.6 Å². The number of aliphatic hydroxyl groups is 1. The van der Waals surface area contributed by atoms with Gasteiger partial charge in [0.15, 0.2) is 0 Å². The highest BCUT2D eigenvalue weighted by Gasteiger charge is 2.26. The fourth-order valence-electron chi connectivity index (χ4n) is 1.83. The number of aliphatic hydroxyl groups excluding tert-OH is 1. The van der Waals surface area contributed by atoms with Gasteiger partial charge in [0.1, 0.15) is 5.54 Å². The van der Waals surface area contributed by atoms with Gasteiger partial charge in [0, 0.05) is 12.2 Å². The van der Waals surface area contributed by atoms with E-state index in [0.717, 1.165) is 0 Å². The molecule has 1 atom stereocenters. The lowest BCUT2D eigenvalue weighted by Gasteiger charge is -2.17. The first-order chi connectivity index (χ1) is 13.3. The van der Waals surface area contributed by atoms with Gasteiger partial charge < -0.3 is 20.8 Å². The summed E-state index contributed by atoms with van der Waals surface area (Å²) >= 11 is 0. The normalized spacial score (nSPS) is 12.4. The van der Waals surface area contributed by atoms with E-state index in [2.05, 4.69) is 26.6 Å². The zero-order chi connectivity index (χ0) is 21.0. The number of hydrogen-bond acceptors (Lipinski definition) is 6. The molecule has 0 heterocycles. The van der Waals surface area contributed by atoms with E-state index in [-0.39, 0.29) is 24.1 Å². The van der Waals surface area contributed by atoms with Crippen LogP contribution in [-0.2, 0) is 4.79 Å². The van der Waals surface area contributed by atoms with Gasteiger partial charge in [-0.15, -0.1) is 0 Å². The van der Waals surface area contributed by atoms with Gasteiger partial charge in [-0.05, 0) is 57.3 Å². The van der Waals surface area contributed by atoms with Crippen molar-refractivity contribution in [3.8, 4) is 0 Å². The minimum Gasteiger partial charge on any atom is -0.478 e. The molecule has 0 aliphatic heterocycles. The van der Waals surface area contributed by atoms with Crippen molar-refractivity contribution >= 4 is 23.6 Å². The Morgan fingerprint density at radius 2 is 1.93 bits per heavy atom. The first-order valence-electron chi connectivity index (χ1n) is 8.73. The SMILES string of the molecule is CC(CN/C=C/C=C/CO)N=C=NC(C)(C)C(=O)Nc1ccc(C(=O)O)cc1. The van der Waals surface area contributed by atoms with Crippen LogP contribution in [0.25, 0.3) is 0 Å². The lowest BCUT2D eigenvalue weighted by Crippen LogP contribution is -2.35. The number of carboxylic acid groups (broad SMARTS) is 1. The van der Waals surface area contributed by atoms with Crippen LogP contribution in [0.3, 0.4) is 0 Å². The zero-order valence-corrected chi connectivity index (χ0v) is 16.2. The average molecular weight is 386 g/mol. The Labute approximate surface area is 164 Å². The summed E-state index contributed by atoms with van der Waals surface area (Å²) in [6, 6.07) is 8.35. The maximum atomic E-state index is 12.4. The molecule has 0 saturated carbocycles. The van der Waals surface area contributed by atoms with Gasteiger partial charge in [-0.2, -0.15) is 0 Å². The van der Waals surface area contributed by atoms with Crippen molar-refractivity contribution in [3.05, 3.63) is 54.3 Å². The summed E-state index contributed by atoms with van der Waals surface area (Å²) in [5, 5.41) is 23.2. The summed E-state index contributed by atoms with van der Waals surface area (Å²) in [4.78, 5) is 31.5. The summed E-state index contributed by atoms with van der Waals surface area (Å²) in [5.41, 5.74) is -0.462. The van der Waals surface area contributed by atoms with E-state index in [9.17, 15) is 9.59 Å². The van der Waals surface area contributed by atoms with E-state index in [1.807, 2.05) is 6.92 Å². The molecule has 1 aromatic rings. The maximum absolute atomic E-state index is 12.4. The third-order valence-corrected chi connectivity index (χ3v) is 3.53. The fraction of sp³-hybridized carbons (Fsp3) is 0.350. The van der Waals surface area contributed by atoms with Gasteiger partial charge in [-0.1, -0.05) is 12.2 Å². The van der Waals surface area contributed by atoms with Crippen molar-refractivity contribution in [1.29, 1.82) is 0 Å². The number of allylic oxidation sites excluding steroid dienone is 2. The van der Waals surface area contributed by atoms with Crippen molar-refractivity contribution in [1.82, 2.24) is 5.32 Å². The van der Waals surface area contributed by atoms with Gasteiger partial charge in [0.05, 0.1) is 24.2 Å². The Morgan fingerprint density at radius 1 is 1.25 bits per heavy atom. The van der Waals surface area contributed by atoms with Crippen molar-refractivity contribution in [2.45, 2.75) is 32.4 Å². The summed E-state index contributed by atoms with van der Waals surface area (Å²) in [5.74, 6) is -1.39. The number of carboxylic acids is 1. The molecule has 0 bridgehead atoms. The number of aromatic carboxylic acids is 1. The molecule has 0 aliphatic rings. The highest BCUT2D eigenvalue weighted by Crippen LogP contribution is 2.15. The topological polar surface area (TPSA) is 123 Å². The van der Waals surface area contributed by atoms with E-state index >= 15 is 0 Å². The number of anilines is 1. The predicted molar refractivity (Wildman–Crippen MR) is 109 cm³/mol. The zero-order valence-electron chi connectivity index (χ0n) is 16.2. The molecule has 150 valence electrons. The Kier molecular flexibility index (Phi) is 9.36. The monoisotopic (exact) mass is 386 g/mol. The minimum absolute atomic E-state index is 0.00148. The summed E-state index contributed by atoms with van der Waals surface area (Å²) in [7, 11) is 0. The largest absolute Gasteiger partial charge is 0.478 e. The molecule has 1 rings (SSSR count). The molecule has 8 heteroatoms. The Bertz CT molecular complexity index is 776. The molecule has 8 nitrogen and oxygen atoms in total. The maximum Gasteiger partial charge on any atom is 0.335 e. The van der Waals surface area contributed by atoms with Crippen LogP contribution in [0.1, 0.15) is 31.1 Å². The molecule has 0 fully saturated rings. The third kappa shape index (κ3) is 8.44.